The minimum atomic E-state index is -0.240. The molecule has 0 saturated carbocycles. The maximum Gasteiger partial charge on any atom is 0.163 e. The largest absolute Gasteiger partial charge is 0.384 e. The number of carbonyl (C=O) groups is 1. The quantitative estimate of drug-likeness (QED) is 0.541. The molecule has 0 bridgehead atoms. The van der Waals surface area contributed by atoms with E-state index < -0.39 is 0 Å². The number of pyridine rings is 1. The molecule has 150 valence electrons. The molecule has 1 heterocycles. The number of Topliss-reactive ketones (excluding diaryl/α,β-unsaturated/α-hetero) is 1. The second-order valence-electron chi connectivity index (χ2n) is 7.18. The summed E-state index contributed by atoms with van der Waals surface area (Å²) in [6.45, 7) is 2.87. The van der Waals surface area contributed by atoms with E-state index in [2.05, 4.69) is 11.9 Å². The van der Waals surface area contributed by atoms with Gasteiger partial charge in [-0.05, 0) is 47.7 Å². The van der Waals surface area contributed by atoms with Crippen LogP contribution in [-0.4, -0.2) is 24.4 Å². The number of hydrogen-bond donors (Lipinski definition) is 1. The fourth-order valence-electron chi connectivity index (χ4n) is 3.29. The molecule has 1 aromatic heterocycles. The fourth-order valence-corrected chi connectivity index (χ4v) is 3.29. The van der Waals surface area contributed by atoms with Crippen molar-refractivity contribution in [3.05, 3.63) is 77.7 Å². The molecule has 0 aliphatic rings. The van der Waals surface area contributed by atoms with E-state index in [1.165, 1.54) is 0 Å². The summed E-state index contributed by atoms with van der Waals surface area (Å²) in [6.07, 6.45) is 3.67. The lowest BCUT2D eigenvalue weighted by molar-refractivity contribution is 0.0983. The molecule has 3 aromatic rings. The molecule has 3 rings (SSSR count). The van der Waals surface area contributed by atoms with Crippen LogP contribution in [0.5, 0.6) is 0 Å². The van der Waals surface area contributed by atoms with Crippen molar-refractivity contribution >= 4 is 17.3 Å². The molecule has 0 aliphatic carbocycles. The first-order chi connectivity index (χ1) is 14.0. The number of carbonyl (C=O) groups excluding carboxylic acids is 1. The highest BCUT2D eigenvalue weighted by Crippen LogP contribution is 2.26. The van der Waals surface area contributed by atoms with Gasteiger partial charge in [0.2, 0.25) is 0 Å². The Labute approximate surface area is 171 Å². The minimum Gasteiger partial charge on any atom is -0.384 e. The van der Waals surface area contributed by atoms with Crippen molar-refractivity contribution in [2.45, 2.75) is 26.2 Å². The van der Waals surface area contributed by atoms with Gasteiger partial charge in [0.25, 0.3) is 0 Å². The first kappa shape index (κ1) is 20.5. The molecule has 5 heteroatoms. The first-order valence-electron chi connectivity index (χ1n) is 9.82. The highest BCUT2D eigenvalue weighted by atomic mass is 19.1. The molecule has 4 nitrogen and oxygen atoms in total. The number of anilines is 2. The summed E-state index contributed by atoms with van der Waals surface area (Å²) >= 11 is 0. The van der Waals surface area contributed by atoms with E-state index in [1.807, 2.05) is 36.2 Å². The van der Waals surface area contributed by atoms with Crippen molar-refractivity contribution in [2.24, 2.45) is 0 Å². The van der Waals surface area contributed by atoms with Crippen LogP contribution >= 0.6 is 0 Å². The lowest BCUT2D eigenvalue weighted by Crippen LogP contribution is -2.18. The van der Waals surface area contributed by atoms with Gasteiger partial charge >= 0.3 is 0 Å². The molecular formula is C24H26FN3O. The van der Waals surface area contributed by atoms with Gasteiger partial charge in [-0.25, -0.2) is 9.37 Å². The van der Waals surface area contributed by atoms with E-state index in [4.69, 9.17) is 5.73 Å². The van der Waals surface area contributed by atoms with Crippen molar-refractivity contribution in [1.29, 1.82) is 0 Å². The standard InChI is InChI=1S/C24H26FN3O/c1-3-14-28(2)22-11-10-20(15-21(22)25)18-6-8-19(9-7-18)23(29)12-4-17-5-13-24(26)27-16-17/h5-11,13,15-16H,3-4,12,14H2,1-2H3,(H2,26,27). The van der Waals surface area contributed by atoms with Gasteiger partial charge in [-0.1, -0.05) is 43.3 Å². The Kier molecular flexibility index (Phi) is 6.60. The summed E-state index contributed by atoms with van der Waals surface area (Å²) in [6, 6.07) is 16.2. The number of nitrogens with two attached hydrogens (primary N) is 1. The van der Waals surface area contributed by atoms with Gasteiger partial charge in [0, 0.05) is 31.8 Å². The van der Waals surface area contributed by atoms with E-state index >= 15 is 0 Å². The van der Waals surface area contributed by atoms with E-state index in [1.54, 1.807) is 36.5 Å². The number of nitrogens with zero attached hydrogens (tertiary/aromatic N) is 2. The molecular weight excluding hydrogens is 365 g/mol. The SMILES string of the molecule is CCCN(C)c1ccc(-c2ccc(C(=O)CCc3ccc(N)nc3)cc2)cc1F. The van der Waals surface area contributed by atoms with Crippen LogP contribution in [0, 0.1) is 5.82 Å². The summed E-state index contributed by atoms with van der Waals surface area (Å²) in [5, 5.41) is 0. The molecule has 29 heavy (non-hydrogen) atoms. The van der Waals surface area contributed by atoms with Crippen molar-refractivity contribution in [3.8, 4) is 11.1 Å². The third kappa shape index (κ3) is 5.19. The number of benzene rings is 2. The van der Waals surface area contributed by atoms with Crippen LogP contribution in [0.3, 0.4) is 0 Å². The fraction of sp³-hybridized carbons (Fsp3) is 0.250. The van der Waals surface area contributed by atoms with Crippen molar-refractivity contribution in [3.63, 3.8) is 0 Å². The molecule has 2 aromatic carbocycles. The Morgan fingerprint density at radius 3 is 2.41 bits per heavy atom. The van der Waals surface area contributed by atoms with Gasteiger partial charge in [0.05, 0.1) is 5.69 Å². The average molecular weight is 391 g/mol. The maximum atomic E-state index is 14.5. The molecule has 0 unspecified atom stereocenters. The van der Waals surface area contributed by atoms with Gasteiger partial charge in [-0.2, -0.15) is 0 Å². The van der Waals surface area contributed by atoms with Gasteiger partial charge in [-0.3, -0.25) is 4.79 Å². The van der Waals surface area contributed by atoms with Crippen LogP contribution in [0.1, 0.15) is 35.7 Å². The lowest BCUT2D eigenvalue weighted by Gasteiger charge is -2.19. The molecule has 0 radical (unpaired) electrons. The Balaban J connectivity index is 1.67. The van der Waals surface area contributed by atoms with Crippen LogP contribution in [-0.2, 0) is 6.42 Å². The molecule has 0 atom stereocenters. The molecule has 0 amide bonds. The van der Waals surface area contributed by atoms with Gasteiger partial charge in [0.15, 0.2) is 5.78 Å². The molecule has 0 aliphatic heterocycles. The van der Waals surface area contributed by atoms with Gasteiger partial charge < -0.3 is 10.6 Å². The highest BCUT2D eigenvalue weighted by Gasteiger charge is 2.10. The summed E-state index contributed by atoms with van der Waals surface area (Å²) in [7, 11) is 1.89. The highest BCUT2D eigenvalue weighted by molar-refractivity contribution is 5.96. The second kappa shape index (κ2) is 9.32. The van der Waals surface area contributed by atoms with Crippen molar-refractivity contribution in [1.82, 2.24) is 4.98 Å². The number of hydrogen-bond acceptors (Lipinski definition) is 4. The monoisotopic (exact) mass is 391 g/mol. The Morgan fingerprint density at radius 2 is 1.79 bits per heavy atom. The van der Waals surface area contributed by atoms with Crippen LogP contribution in [0.25, 0.3) is 11.1 Å². The summed E-state index contributed by atoms with van der Waals surface area (Å²) in [5.74, 6) is 0.295. The number of nitrogen functional groups attached to an aromatic ring is 1. The van der Waals surface area contributed by atoms with Crippen molar-refractivity contribution in [2.75, 3.05) is 24.2 Å². The number of halogens is 1. The number of ketones is 1. The Hall–Kier alpha value is -3.21. The molecule has 0 saturated heterocycles. The number of rotatable bonds is 8. The van der Waals surface area contributed by atoms with Gasteiger partial charge in [0.1, 0.15) is 11.6 Å². The third-order valence-electron chi connectivity index (χ3n) is 4.95. The normalized spacial score (nSPS) is 10.7. The van der Waals surface area contributed by atoms with Crippen LogP contribution < -0.4 is 10.6 Å². The smallest absolute Gasteiger partial charge is 0.163 e. The van der Waals surface area contributed by atoms with E-state index in [9.17, 15) is 9.18 Å². The summed E-state index contributed by atoms with van der Waals surface area (Å²) < 4.78 is 14.5. The Bertz CT molecular complexity index is 968. The summed E-state index contributed by atoms with van der Waals surface area (Å²) in [4.78, 5) is 18.4. The predicted molar refractivity (Wildman–Crippen MR) is 117 cm³/mol. The maximum absolute atomic E-state index is 14.5. The van der Waals surface area contributed by atoms with Crippen LogP contribution in [0.4, 0.5) is 15.9 Å². The molecule has 0 fully saturated rings. The average Bonchev–Trinajstić information content (AvgIpc) is 2.73. The number of aromatic nitrogens is 1. The molecule has 0 spiro atoms. The Morgan fingerprint density at radius 1 is 1.07 bits per heavy atom. The molecule has 2 N–H and O–H groups in total. The third-order valence-corrected chi connectivity index (χ3v) is 4.95. The zero-order chi connectivity index (χ0) is 20.8. The van der Waals surface area contributed by atoms with E-state index in [0.717, 1.165) is 29.7 Å². The summed E-state index contributed by atoms with van der Waals surface area (Å²) in [5.41, 5.74) is 9.48. The van der Waals surface area contributed by atoms with E-state index in [-0.39, 0.29) is 11.6 Å². The van der Waals surface area contributed by atoms with E-state index in [0.29, 0.717) is 29.9 Å². The topological polar surface area (TPSA) is 59.2 Å². The zero-order valence-electron chi connectivity index (χ0n) is 16.9. The predicted octanol–water partition coefficient (Wildman–Crippen LogP) is 5.13. The second-order valence-corrected chi connectivity index (χ2v) is 7.18. The first-order valence-corrected chi connectivity index (χ1v) is 9.82. The van der Waals surface area contributed by atoms with Gasteiger partial charge in [-0.15, -0.1) is 0 Å². The number of aryl methyl sites for hydroxylation is 1. The zero-order valence-corrected chi connectivity index (χ0v) is 16.9. The van der Waals surface area contributed by atoms with Crippen molar-refractivity contribution < 1.29 is 9.18 Å². The van der Waals surface area contributed by atoms with Crippen LogP contribution in [0.15, 0.2) is 60.8 Å². The van der Waals surface area contributed by atoms with Crippen LogP contribution in [0.2, 0.25) is 0 Å². The minimum absolute atomic E-state index is 0.0658. The lowest BCUT2D eigenvalue weighted by atomic mass is 9.99.